The Morgan fingerprint density at radius 3 is 2.81 bits per heavy atom. The largest absolute Gasteiger partial charge is 0.301 e. The first-order valence-corrected chi connectivity index (χ1v) is 9.28. The summed E-state index contributed by atoms with van der Waals surface area (Å²) in [6, 6.07) is 18.0. The molecule has 1 N–H and O–H groups in total. The molecule has 0 fully saturated rings. The van der Waals surface area contributed by atoms with Crippen LogP contribution in [0.5, 0.6) is 0 Å². The molecule has 128 valence electrons. The molecule has 1 aliphatic rings. The van der Waals surface area contributed by atoms with E-state index in [9.17, 15) is 10.1 Å². The first kappa shape index (κ1) is 16.5. The fraction of sp³-hybridized carbons (Fsp3) is 0.190. The highest BCUT2D eigenvalue weighted by molar-refractivity contribution is 7.13. The van der Waals surface area contributed by atoms with Crippen LogP contribution in [0, 0.1) is 16.7 Å². The van der Waals surface area contributed by atoms with Crippen molar-refractivity contribution < 1.29 is 4.79 Å². The van der Waals surface area contributed by atoms with Crippen molar-refractivity contribution in [2.75, 3.05) is 5.32 Å². The Bertz CT molecular complexity index is 992. The van der Waals surface area contributed by atoms with Crippen LogP contribution in [-0.4, -0.2) is 10.9 Å². The highest BCUT2D eigenvalue weighted by atomic mass is 32.1. The summed E-state index contributed by atoms with van der Waals surface area (Å²) >= 11 is 1.41. The van der Waals surface area contributed by atoms with Gasteiger partial charge >= 0.3 is 0 Å². The minimum absolute atomic E-state index is 0.0454. The molecule has 1 heterocycles. The second kappa shape index (κ2) is 6.40. The SMILES string of the molecule is C[C@]1(C(=O)Nc2nccs2)Cc2ccc(C#N)cc2[C@@H]1c1ccccc1. The molecule has 4 nitrogen and oxygen atoms in total. The lowest BCUT2D eigenvalue weighted by atomic mass is 9.73. The van der Waals surface area contributed by atoms with E-state index in [-0.39, 0.29) is 11.8 Å². The Kier molecular flexibility index (Phi) is 4.06. The monoisotopic (exact) mass is 359 g/mol. The molecule has 0 aliphatic heterocycles. The molecule has 0 saturated carbocycles. The second-order valence-electron chi connectivity index (χ2n) is 6.75. The molecule has 2 aromatic carbocycles. The fourth-order valence-corrected chi connectivity index (χ4v) is 4.39. The number of benzene rings is 2. The number of carbonyl (C=O) groups is 1. The summed E-state index contributed by atoms with van der Waals surface area (Å²) in [7, 11) is 0. The van der Waals surface area contributed by atoms with Crippen LogP contribution < -0.4 is 5.32 Å². The van der Waals surface area contributed by atoms with E-state index in [2.05, 4.69) is 16.4 Å². The summed E-state index contributed by atoms with van der Waals surface area (Å²) in [5, 5.41) is 14.7. The number of carbonyl (C=O) groups excluding carboxylic acids is 1. The lowest BCUT2D eigenvalue weighted by molar-refractivity contribution is -0.125. The van der Waals surface area contributed by atoms with Gasteiger partial charge in [0.2, 0.25) is 5.91 Å². The number of fused-ring (bicyclic) bond motifs is 1. The van der Waals surface area contributed by atoms with E-state index < -0.39 is 5.41 Å². The Morgan fingerprint density at radius 2 is 2.12 bits per heavy atom. The van der Waals surface area contributed by atoms with E-state index >= 15 is 0 Å². The maximum atomic E-state index is 13.2. The average molecular weight is 359 g/mol. The number of rotatable bonds is 3. The van der Waals surface area contributed by atoms with Crippen LogP contribution in [-0.2, 0) is 11.2 Å². The molecule has 0 spiro atoms. The minimum atomic E-state index is -0.649. The van der Waals surface area contributed by atoms with Gasteiger partial charge in [-0.15, -0.1) is 11.3 Å². The zero-order valence-electron chi connectivity index (χ0n) is 14.3. The Balaban J connectivity index is 1.81. The van der Waals surface area contributed by atoms with Gasteiger partial charge in [-0.05, 0) is 42.2 Å². The fourth-order valence-electron chi connectivity index (χ4n) is 3.86. The van der Waals surface area contributed by atoms with Gasteiger partial charge in [-0.3, -0.25) is 4.79 Å². The second-order valence-corrected chi connectivity index (χ2v) is 7.65. The maximum absolute atomic E-state index is 13.2. The van der Waals surface area contributed by atoms with Crippen molar-refractivity contribution in [3.05, 3.63) is 82.4 Å². The molecule has 5 heteroatoms. The minimum Gasteiger partial charge on any atom is -0.301 e. The summed E-state index contributed by atoms with van der Waals surface area (Å²) in [6.45, 7) is 2.00. The maximum Gasteiger partial charge on any atom is 0.233 e. The number of nitrogens with one attached hydrogen (secondary N) is 1. The number of hydrogen-bond acceptors (Lipinski definition) is 4. The van der Waals surface area contributed by atoms with E-state index in [1.807, 2.05) is 60.8 Å². The highest BCUT2D eigenvalue weighted by Crippen LogP contribution is 2.51. The zero-order chi connectivity index (χ0) is 18.1. The standard InChI is InChI=1S/C21H17N3OS/c1-21(19(25)24-20-23-9-10-26-20)12-16-8-7-14(13-22)11-17(16)18(21)15-5-3-2-4-6-15/h2-11,18H,12H2,1H3,(H,23,24,25)/t18-,21-/m0/s1. The van der Waals surface area contributed by atoms with Crippen LogP contribution in [0.15, 0.2) is 60.1 Å². The van der Waals surface area contributed by atoms with Gasteiger partial charge < -0.3 is 5.32 Å². The van der Waals surface area contributed by atoms with Gasteiger partial charge in [-0.1, -0.05) is 36.4 Å². The summed E-state index contributed by atoms with van der Waals surface area (Å²) < 4.78 is 0. The lowest BCUT2D eigenvalue weighted by Gasteiger charge is -2.31. The van der Waals surface area contributed by atoms with E-state index in [1.54, 1.807) is 6.20 Å². The molecule has 0 bridgehead atoms. The predicted octanol–water partition coefficient (Wildman–Crippen LogP) is 4.35. The predicted molar refractivity (Wildman–Crippen MR) is 102 cm³/mol. The summed E-state index contributed by atoms with van der Waals surface area (Å²) in [5.74, 6) is -0.150. The smallest absolute Gasteiger partial charge is 0.233 e. The normalized spacial score (nSPS) is 21.0. The van der Waals surface area contributed by atoms with Crippen LogP contribution in [0.25, 0.3) is 0 Å². The van der Waals surface area contributed by atoms with Crippen molar-refractivity contribution in [2.45, 2.75) is 19.3 Å². The van der Waals surface area contributed by atoms with Gasteiger partial charge in [-0.2, -0.15) is 5.26 Å². The quantitative estimate of drug-likeness (QED) is 0.756. The highest BCUT2D eigenvalue weighted by Gasteiger charge is 2.48. The molecule has 4 rings (SSSR count). The number of amides is 1. The molecule has 2 atom stereocenters. The molecule has 0 radical (unpaired) electrons. The van der Waals surface area contributed by atoms with Crippen LogP contribution in [0.3, 0.4) is 0 Å². The lowest BCUT2D eigenvalue weighted by Crippen LogP contribution is -2.37. The van der Waals surface area contributed by atoms with E-state index in [4.69, 9.17) is 0 Å². The van der Waals surface area contributed by atoms with Crippen molar-refractivity contribution in [2.24, 2.45) is 5.41 Å². The Morgan fingerprint density at radius 1 is 1.31 bits per heavy atom. The number of thiazole rings is 1. The first-order chi connectivity index (χ1) is 12.6. The van der Waals surface area contributed by atoms with E-state index in [1.165, 1.54) is 11.3 Å². The third kappa shape index (κ3) is 2.69. The summed E-state index contributed by atoms with van der Waals surface area (Å²) in [4.78, 5) is 17.4. The van der Waals surface area contributed by atoms with Crippen LogP contribution in [0.2, 0.25) is 0 Å². The van der Waals surface area contributed by atoms with E-state index in [0.29, 0.717) is 17.1 Å². The third-order valence-corrected chi connectivity index (χ3v) is 5.77. The summed E-state index contributed by atoms with van der Waals surface area (Å²) in [6.07, 6.45) is 2.31. The van der Waals surface area contributed by atoms with Gasteiger partial charge in [0.1, 0.15) is 0 Å². The Hall–Kier alpha value is -2.97. The van der Waals surface area contributed by atoms with E-state index in [0.717, 1.165) is 16.7 Å². The molecular formula is C21H17N3OS. The van der Waals surface area contributed by atoms with Crippen molar-refractivity contribution in [3.8, 4) is 6.07 Å². The number of nitrogens with zero attached hydrogens (tertiary/aromatic N) is 2. The molecule has 0 saturated heterocycles. The Labute approximate surface area is 156 Å². The van der Waals surface area contributed by atoms with Gasteiger partial charge in [0, 0.05) is 17.5 Å². The van der Waals surface area contributed by atoms with Gasteiger partial charge in [0.05, 0.1) is 17.0 Å². The molecule has 1 aromatic heterocycles. The van der Waals surface area contributed by atoms with Crippen LogP contribution >= 0.6 is 11.3 Å². The third-order valence-electron chi connectivity index (χ3n) is 5.09. The van der Waals surface area contributed by atoms with Crippen molar-refractivity contribution >= 4 is 22.4 Å². The van der Waals surface area contributed by atoms with Crippen LogP contribution in [0.1, 0.15) is 35.1 Å². The van der Waals surface area contributed by atoms with Gasteiger partial charge in [0.25, 0.3) is 0 Å². The number of anilines is 1. The average Bonchev–Trinajstić information content (AvgIpc) is 3.27. The molecule has 0 unspecified atom stereocenters. The number of hydrogen-bond donors (Lipinski definition) is 1. The van der Waals surface area contributed by atoms with Crippen molar-refractivity contribution in [3.63, 3.8) is 0 Å². The molecular weight excluding hydrogens is 342 g/mol. The molecule has 26 heavy (non-hydrogen) atoms. The topological polar surface area (TPSA) is 65.8 Å². The summed E-state index contributed by atoms with van der Waals surface area (Å²) in [5.41, 5.74) is 3.23. The number of nitriles is 1. The molecule has 1 aliphatic carbocycles. The van der Waals surface area contributed by atoms with Crippen LogP contribution in [0.4, 0.5) is 5.13 Å². The van der Waals surface area contributed by atoms with Crippen molar-refractivity contribution in [1.82, 2.24) is 4.98 Å². The molecule has 3 aromatic rings. The van der Waals surface area contributed by atoms with Gasteiger partial charge in [-0.25, -0.2) is 4.98 Å². The van der Waals surface area contributed by atoms with Crippen molar-refractivity contribution in [1.29, 1.82) is 5.26 Å². The first-order valence-electron chi connectivity index (χ1n) is 8.40. The number of aromatic nitrogens is 1. The zero-order valence-corrected chi connectivity index (χ0v) is 15.1. The molecule has 1 amide bonds. The van der Waals surface area contributed by atoms with Gasteiger partial charge in [0.15, 0.2) is 5.13 Å².